The van der Waals surface area contributed by atoms with Crippen molar-refractivity contribution in [2.75, 3.05) is 26.2 Å². The van der Waals surface area contributed by atoms with E-state index in [0.29, 0.717) is 38.1 Å². The van der Waals surface area contributed by atoms with Crippen molar-refractivity contribution in [3.8, 4) is 5.75 Å². The topological polar surface area (TPSA) is 146 Å². The highest BCUT2D eigenvalue weighted by Gasteiger charge is 2.29. The number of carbonyl (C=O) groups excluding carboxylic acids is 5. The fourth-order valence-corrected chi connectivity index (χ4v) is 4.94. The van der Waals surface area contributed by atoms with Gasteiger partial charge in [-0.15, -0.1) is 0 Å². The first kappa shape index (κ1) is 31.9. The van der Waals surface area contributed by atoms with Gasteiger partial charge in [0.15, 0.2) is 0 Å². The average molecular weight is 572 g/mol. The molecule has 226 valence electrons. The predicted molar refractivity (Wildman–Crippen MR) is 154 cm³/mol. The van der Waals surface area contributed by atoms with E-state index in [4.69, 9.17) is 4.74 Å². The van der Waals surface area contributed by atoms with E-state index in [1.54, 1.807) is 29.2 Å². The number of hydrogen-bond donors (Lipinski definition) is 4. The van der Waals surface area contributed by atoms with E-state index in [2.05, 4.69) is 21.3 Å². The Morgan fingerprint density at radius 2 is 1.80 bits per heavy atom. The van der Waals surface area contributed by atoms with Crippen LogP contribution >= 0.6 is 0 Å². The summed E-state index contributed by atoms with van der Waals surface area (Å²) in [5.41, 5.74) is 0.253. The van der Waals surface area contributed by atoms with Crippen molar-refractivity contribution in [3.05, 3.63) is 29.8 Å². The van der Waals surface area contributed by atoms with Crippen LogP contribution < -0.4 is 26.0 Å². The van der Waals surface area contributed by atoms with Gasteiger partial charge in [-0.05, 0) is 49.7 Å². The number of benzene rings is 1. The maximum absolute atomic E-state index is 13.3. The van der Waals surface area contributed by atoms with Crippen molar-refractivity contribution < 1.29 is 28.7 Å². The smallest absolute Gasteiger partial charge is 0.255 e. The molecule has 1 saturated heterocycles. The van der Waals surface area contributed by atoms with Crippen molar-refractivity contribution in [1.29, 1.82) is 0 Å². The average Bonchev–Trinajstić information content (AvgIpc) is 3.34. The van der Waals surface area contributed by atoms with Crippen LogP contribution in [0.3, 0.4) is 0 Å². The molecule has 0 spiro atoms. The van der Waals surface area contributed by atoms with E-state index in [-0.39, 0.29) is 60.6 Å². The van der Waals surface area contributed by atoms with Gasteiger partial charge < -0.3 is 30.9 Å². The van der Waals surface area contributed by atoms with Crippen molar-refractivity contribution in [1.82, 2.24) is 26.2 Å². The van der Waals surface area contributed by atoms with Crippen LogP contribution in [0.25, 0.3) is 0 Å². The summed E-state index contributed by atoms with van der Waals surface area (Å²) < 4.78 is 6.03. The highest BCUT2D eigenvalue weighted by molar-refractivity contribution is 5.99. The molecule has 2 heterocycles. The first-order valence-electron chi connectivity index (χ1n) is 14.7. The quantitative estimate of drug-likeness (QED) is 0.350. The molecule has 0 aliphatic carbocycles. The number of nitrogens with one attached hydrogen (secondary N) is 4. The Morgan fingerprint density at radius 1 is 1.05 bits per heavy atom. The number of fused-ring (bicyclic) bond motifs is 1. The molecule has 2 aliphatic heterocycles. The Balaban J connectivity index is 1.78. The van der Waals surface area contributed by atoms with Gasteiger partial charge in [-0.2, -0.15) is 0 Å². The lowest BCUT2D eigenvalue weighted by molar-refractivity contribution is -0.130. The fraction of sp³-hybridized carbons (Fsp3) is 0.633. The van der Waals surface area contributed by atoms with Crippen molar-refractivity contribution in [2.45, 2.75) is 84.3 Å². The zero-order chi connectivity index (χ0) is 29.9. The second kappa shape index (κ2) is 15.4. The summed E-state index contributed by atoms with van der Waals surface area (Å²) in [5.74, 6) is -0.941. The van der Waals surface area contributed by atoms with Gasteiger partial charge in [0.05, 0.1) is 11.6 Å². The summed E-state index contributed by atoms with van der Waals surface area (Å²) in [6.45, 7) is 9.62. The zero-order valence-electron chi connectivity index (χ0n) is 24.7. The SMILES string of the molecule is CC(C)C[C@@H]1NC(=O)CC[C@@H](C(=O)NCCCN2CCCC2=O)NC(=O)c2ccccc2OC[C@@H](C(C)C)NC1=O. The number of ether oxygens (including phenoxy) is 1. The Hall–Kier alpha value is -3.63. The summed E-state index contributed by atoms with van der Waals surface area (Å²) in [7, 11) is 0. The molecular formula is C30H45N5O6. The second-order valence-electron chi connectivity index (χ2n) is 11.6. The molecule has 3 rings (SSSR count). The van der Waals surface area contributed by atoms with E-state index in [0.717, 1.165) is 13.0 Å². The van der Waals surface area contributed by atoms with Crippen LogP contribution in [0.5, 0.6) is 5.75 Å². The lowest BCUT2D eigenvalue weighted by atomic mass is 10.0. The number of likely N-dealkylation sites (tertiary alicyclic amines) is 1. The molecule has 1 fully saturated rings. The number of rotatable bonds is 8. The van der Waals surface area contributed by atoms with Crippen LogP contribution in [0.15, 0.2) is 24.3 Å². The molecule has 4 N–H and O–H groups in total. The molecule has 1 aromatic rings. The van der Waals surface area contributed by atoms with E-state index in [1.807, 2.05) is 27.7 Å². The Kier molecular flexibility index (Phi) is 12.0. The number of carbonyl (C=O) groups is 5. The number of hydrogen-bond acceptors (Lipinski definition) is 6. The number of nitrogens with zero attached hydrogens (tertiary/aromatic N) is 1. The first-order valence-corrected chi connectivity index (χ1v) is 14.7. The third-order valence-electron chi connectivity index (χ3n) is 7.40. The van der Waals surface area contributed by atoms with Gasteiger partial charge in [0, 0.05) is 32.5 Å². The number of para-hydroxylation sites is 1. The molecule has 0 bridgehead atoms. The first-order chi connectivity index (χ1) is 19.5. The Labute approximate surface area is 242 Å². The maximum atomic E-state index is 13.3. The monoisotopic (exact) mass is 571 g/mol. The summed E-state index contributed by atoms with van der Waals surface area (Å²) >= 11 is 0. The summed E-state index contributed by atoms with van der Waals surface area (Å²) in [6, 6.07) is 4.66. The second-order valence-corrected chi connectivity index (χ2v) is 11.6. The van der Waals surface area contributed by atoms with Gasteiger partial charge in [0.25, 0.3) is 5.91 Å². The largest absolute Gasteiger partial charge is 0.491 e. The van der Waals surface area contributed by atoms with E-state index in [1.165, 1.54) is 0 Å². The molecule has 0 saturated carbocycles. The van der Waals surface area contributed by atoms with Crippen molar-refractivity contribution in [3.63, 3.8) is 0 Å². The predicted octanol–water partition coefficient (Wildman–Crippen LogP) is 1.76. The lowest BCUT2D eigenvalue weighted by Gasteiger charge is -2.27. The molecule has 5 amide bonds. The van der Waals surface area contributed by atoms with Crippen LogP contribution in [0.1, 0.15) is 76.6 Å². The lowest BCUT2D eigenvalue weighted by Crippen LogP contribution is -2.53. The highest BCUT2D eigenvalue weighted by Crippen LogP contribution is 2.20. The third-order valence-corrected chi connectivity index (χ3v) is 7.40. The van der Waals surface area contributed by atoms with Crippen molar-refractivity contribution >= 4 is 29.5 Å². The molecule has 0 aromatic heterocycles. The van der Waals surface area contributed by atoms with Crippen LogP contribution in [0.2, 0.25) is 0 Å². The Morgan fingerprint density at radius 3 is 2.49 bits per heavy atom. The summed E-state index contributed by atoms with van der Waals surface area (Å²) in [6.07, 6.45) is 2.43. The minimum absolute atomic E-state index is 0.0303. The van der Waals surface area contributed by atoms with Crippen LogP contribution in [-0.4, -0.2) is 78.8 Å². The van der Waals surface area contributed by atoms with E-state index >= 15 is 0 Å². The van der Waals surface area contributed by atoms with E-state index in [9.17, 15) is 24.0 Å². The van der Waals surface area contributed by atoms with Gasteiger partial charge in [0.2, 0.25) is 23.6 Å². The summed E-state index contributed by atoms with van der Waals surface area (Å²) in [5, 5.41) is 11.5. The van der Waals surface area contributed by atoms with Crippen molar-refractivity contribution in [2.24, 2.45) is 11.8 Å². The molecule has 3 atom stereocenters. The van der Waals surface area contributed by atoms with Gasteiger partial charge in [-0.3, -0.25) is 24.0 Å². The molecule has 1 aromatic carbocycles. The maximum Gasteiger partial charge on any atom is 0.255 e. The Bertz CT molecular complexity index is 1090. The van der Waals surface area contributed by atoms with E-state index < -0.39 is 23.9 Å². The fourth-order valence-electron chi connectivity index (χ4n) is 4.94. The third kappa shape index (κ3) is 9.75. The molecule has 41 heavy (non-hydrogen) atoms. The molecule has 2 aliphatic rings. The molecule has 11 heteroatoms. The molecule has 0 radical (unpaired) electrons. The van der Waals surface area contributed by atoms with Gasteiger partial charge in [0.1, 0.15) is 24.4 Å². The minimum atomic E-state index is -0.986. The summed E-state index contributed by atoms with van der Waals surface area (Å²) in [4.78, 5) is 66.3. The van der Waals surface area contributed by atoms with Gasteiger partial charge >= 0.3 is 0 Å². The molecular weight excluding hydrogens is 526 g/mol. The molecule has 0 unspecified atom stereocenters. The standard InChI is InChI=1S/C30H45N5O6/c1-19(2)17-23-30(40)34-24(20(3)4)18-41-25-10-6-5-9-21(25)28(38)33-22(12-13-26(36)32-23)29(39)31-14-8-16-35-15-7-11-27(35)37/h5-6,9-10,19-20,22-24H,7-8,11-18H2,1-4H3,(H,31,39)(H,32,36)(H,33,38)(H,34,40)/t22-,23-,24-/m0/s1. The van der Waals surface area contributed by atoms with Crippen LogP contribution in [0.4, 0.5) is 0 Å². The van der Waals surface area contributed by atoms with Gasteiger partial charge in [-0.25, -0.2) is 0 Å². The minimum Gasteiger partial charge on any atom is -0.491 e. The highest BCUT2D eigenvalue weighted by atomic mass is 16.5. The normalized spacial score (nSPS) is 22.7. The zero-order valence-corrected chi connectivity index (χ0v) is 24.7. The number of amides is 5. The van der Waals surface area contributed by atoms with Gasteiger partial charge in [-0.1, -0.05) is 39.8 Å². The van der Waals surface area contributed by atoms with Crippen LogP contribution in [0, 0.1) is 11.8 Å². The van der Waals surface area contributed by atoms with Crippen LogP contribution in [-0.2, 0) is 19.2 Å². The molecule has 11 nitrogen and oxygen atoms in total.